The maximum Gasteiger partial charge on any atom is 0.262 e. The Morgan fingerprint density at radius 2 is 1.56 bits per heavy atom. The Morgan fingerprint density at radius 1 is 0.844 bits per heavy atom. The molecule has 8 heteroatoms. The number of para-hydroxylation sites is 1. The lowest BCUT2D eigenvalue weighted by molar-refractivity contribution is -0.118. The van der Waals surface area contributed by atoms with Gasteiger partial charge in [-0.1, -0.05) is 30.3 Å². The molecule has 0 fully saturated rings. The summed E-state index contributed by atoms with van der Waals surface area (Å²) in [6.07, 6.45) is 0. The second kappa shape index (κ2) is 9.65. The fraction of sp³-hybridized carbons (Fsp3) is 0.125. The van der Waals surface area contributed by atoms with E-state index in [4.69, 9.17) is 18.6 Å². The summed E-state index contributed by atoms with van der Waals surface area (Å²) in [5.41, 5.74) is 1.98. The van der Waals surface area contributed by atoms with Crippen molar-refractivity contribution in [2.24, 2.45) is 0 Å². The molecule has 0 aliphatic carbocycles. The van der Waals surface area contributed by atoms with E-state index in [1.165, 1.54) is 7.11 Å². The van der Waals surface area contributed by atoms with Crippen LogP contribution in [0.15, 0.2) is 77.2 Å². The van der Waals surface area contributed by atoms with Gasteiger partial charge in [-0.05, 0) is 36.4 Å². The van der Waals surface area contributed by atoms with Gasteiger partial charge in [0.15, 0.2) is 18.1 Å². The van der Waals surface area contributed by atoms with Crippen LogP contribution < -0.4 is 19.5 Å². The molecule has 1 aromatic heterocycles. The van der Waals surface area contributed by atoms with E-state index >= 15 is 0 Å². The molecular weight excluding hydrogens is 410 g/mol. The van der Waals surface area contributed by atoms with Crippen molar-refractivity contribution in [2.45, 2.75) is 0 Å². The van der Waals surface area contributed by atoms with Gasteiger partial charge >= 0.3 is 0 Å². The first-order valence-electron chi connectivity index (χ1n) is 9.81. The lowest BCUT2D eigenvalue weighted by Gasteiger charge is -2.12. The zero-order chi connectivity index (χ0) is 22.3. The predicted molar refractivity (Wildman–Crippen MR) is 119 cm³/mol. The van der Waals surface area contributed by atoms with Crippen molar-refractivity contribution >= 4 is 11.6 Å². The van der Waals surface area contributed by atoms with Crippen molar-refractivity contribution in [3.05, 3.63) is 72.8 Å². The minimum Gasteiger partial charge on any atom is -0.493 e. The standard InChI is InChI=1S/C24H21N3O5/c1-29-20-13-12-17(14-21(20)30-2)25-22(28)15-31-19-11-7-6-10-18(19)24-27-26-23(32-24)16-8-4-3-5-9-16/h3-14H,15H2,1-2H3,(H,25,28). The number of nitrogens with one attached hydrogen (secondary N) is 1. The Kier molecular flexibility index (Phi) is 6.31. The quantitative estimate of drug-likeness (QED) is 0.441. The molecule has 1 N–H and O–H groups in total. The maximum absolute atomic E-state index is 12.4. The fourth-order valence-corrected chi connectivity index (χ4v) is 3.05. The van der Waals surface area contributed by atoms with Gasteiger partial charge in [0.2, 0.25) is 5.89 Å². The summed E-state index contributed by atoms with van der Waals surface area (Å²) in [6.45, 7) is -0.203. The topological polar surface area (TPSA) is 95.7 Å². The van der Waals surface area contributed by atoms with Gasteiger partial charge in [0.05, 0.1) is 19.8 Å². The minimum absolute atomic E-state index is 0.203. The van der Waals surface area contributed by atoms with Crippen LogP contribution in [0.2, 0.25) is 0 Å². The molecule has 0 bridgehead atoms. The second-order valence-corrected chi connectivity index (χ2v) is 6.68. The summed E-state index contributed by atoms with van der Waals surface area (Å²) in [6, 6.07) is 21.8. The molecule has 0 unspecified atom stereocenters. The van der Waals surface area contributed by atoms with Crippen molar-refractivity contribution in [3.8, 4) is 40.2 Å². The molecule has 3 aromatic carbocycles. The van der Waals surface area contributed by atoms with Gasteiger partial charge in [-0.25, -0.2) is 0 Å². The van der Waals surface area contributed by atoms with Crippen molar-refractivity contribution in [3.63, 3.8) is 0 Å². The van der Waals surface area contributed by atoms with Crippen LogP contribution >= 0.6 is 0 Å². The third-order valence-corrected chi connectivity index (χ3v) is 4.59. The number of rotatable bonds is 8. The number of methoxy groups -OCH3 is 2. The molecule has 162 valence electrons. The molecule has 0 saturated carbocycles. The average Bonchev–Trinajstić information content (AvgIpc) is 3.33. The summed E-state index contributed by atoms with van der Waals surface area (Å²) in [4.78, 5) is 12.4. The van der Waals surface area contributed by atoms with E-state index in [0.29, 0.717) is 40.3 Å². The van der Waals surface area contributed by atoms with Crippen LogP contribution in [-0.2, 0) is 4.79 Å². The molecule has 0 saturated heterocycles. The van der Waals surface area contributed by atoms with E-state index in [0.717, 1.165) is 5.56 Å². The summed E-state index contributed by atoms with van der Waals surface area (Å²) in [5, 5.41) is 11.0. The number of hydrogen-bond acceptors (Lipinski definition) is 7. The number of carbonyl (C=O) groups is 1. The normalized spacial score (nSPS) is 10.4. The third-order valence-electron chi connectivity index (χ3n) is 4.59. The van der Waals surface area contributed by atoms with Gasteiger partial charge in [0, 0.05) is 17.3 Å². The van der Waals surface area contributed by atoms with Crippen molar-refractivity contribution in [2.75, 3.05) is 26.1 Å². The van der Waals surface area contributed by atoms with E-state index in [-0.39, 0.29) is 12.5 Å². The molecule has 32 heavy (non-hydrogen) atoms. The van der Waals surface area contributed by atoms with Gasteiger partial charge in [0.25, 0.3) is 11.8 Å². The van der Waals surface area contributed by atoms with Gasteiger partial charge in [0.1, 0.15) is 5.75 Å². The van der Waals surface area contributed by atoms with Crippen LogP contribution in [0.1, 0.15) is 0 Å². The second-order valence-electron chi connectivity index (χ2n) is 6.68. The number of hydrogen-bond donors (Lipinski definition) is 1. The largest absolute Gasteiger partial charge is 0.493 e. The molecule has 4 rings (SSSR count). The number of ether oxygens (including phenoxy) is 3. The van der Waals surface area contributed by atoms with Gasteiger partial charge < -0.3 is 23.9 Å². The summed E-state index contributed by atoms with van der Waals surface area (Å²) >= 11 is 0. The highest BCUT2D eigenvalue weighted by Crippen LogP contribution is 2.31. The lowest BCUT2D eigenvalue weighted by atomic mass is 10.2. The first-order valence-corrected chi connectivity index (χ1v) is 9.81. The number of aromatic nitrogens is 2. The summed E-state index contributed by atoms with van der Waals surface area (Å²) < 4.78 is 22.0. The fourth-order valence-electron chi connectivity index (χ4n) is 3.05. The number of benzene rings is 3. The Morgan fingerprint density at radius 3 is 2.34 bits per heavy atom. The molecule has 0 radical (unpaired) electrons. The van der Waals surface area contributed by atoms with Crippen LogP contribution in [0.25, 0.3) is 22.9 Å². The SMILES string of the molecule is COc1ccc(NC(=O)COc2ccccc2-c2nnc(-c3ccccc3)o2)cc1OC. The maximum atomic E-state index is 12.4. The van der Waals surface area contributed by atoms with Crippen LogP contribution in [-0.4, -0.2) is 36.9 Å². The molecule has 1 amide bonds. The number of anilines is 1. The Balaban J connectivity index is 1.45. The van der Waals surface area contributed by atoms with Crippen LogP contribution in [0.3, 0.4) is 0 Å². The summed E-state index contributed by atoms with van der Waals surface area (Å²) in [7, 11) is 3.08. The predicted octanol–water partition coefficient (Wildman–Crippen LogP) is 4.44. The van der Waals surface area contributed by atoms with Gasteiger partial charge in [-0.3, -0.25) is 4.79 Å². The zero-order valence-electron chi connectivity index (χ0n) is 17.6. The number of nitrogens with zero attached hydrogens (tertiary/aromatic N) is 2. The highest BCUT2D eigenvalue weighted by Gasteiger charge is 2.16. The van der Waals surface area contributed by atoms with E-state index < -0.39 is 0 Å². The van der Waals surface area contributed by atoms with Crippen molar-refractivity contribution in [1.82, 2.24) is 10.2 Å². The molecule has 0 aliphatic heterocycles. The van der Waals surface area contributed by atoms with E-state index in [2.05, 4.69) is 15.5 Å². The smallest absolute Gasteiger partial charge is 0.262 e. The zero-order valence-corrected chi connectivity index (χ0v) is 17.6. The van der Waals surface area contributed by atoms with E-state index in [1.807, 2.05) is 36.4 Å². The van der Waals surface area contributed by atoms with Crippen LogP contribution in [0.5, 0.6) is 17.2 Å². The monoisotopic (exact) mass is 431 g/mol. The first-order chi connectivity index (χ1) is 15.7. The highest BCUT2D eigenvalue weighted by molar-refractivity contribution is 5.92. The van der Waals surface area contributed by atoms with E-state index in [1.54, 1.807) is 43.5 Å². The number of amides is 1. The Hall–Kier alpha value is -4.33. The van der Waals surface area contributed by atoms with Crippen LogP contribution in [0.4, 0.5) is 5.69 Å². The van der Waals surface area contributed by atoms with Crippen molar-refractivity contribution < 1.29 is 23.4 Å². The minimum atomic E-state index is -0.331. The van der Waals surface area contributed by atoms with Crippen LogP contribution in [0, 0.1) is 0 Å². The molecule has 0 spiro atoms. The van der Waals surface area contributed by atoms with E-state index in [9.17, 15) is 4.79 Å². The summed E-state index contributed by atoms with van der Waals surface area (Å²) in [5.74, 6) is 1.93. The van der Waals surface area contributed by atoms with Crippen molar-refractivity contribution in [1.29, 1.82) is 0 Å². The molecule has 1 heterocycles. The molecule has 4 aromatic rings. The molecular formula is C24H21N3O5. The molecule has 8 nitrogen and oxygen atoms in total. The number of carbonyl (C=O) groups excluding carboxylic acids is 1. The average molecular weight is 431 g/mol. The third kappa shape index (κ3) is 4.70. The first kappa shape index (κ1) is 20.9. The van der Waals surface area contributed by atoms with Gasteiger partial charge in [-0.2, -0.15) is 0 Å². The Labute approximate surface area is 184 Å². The Bertz CT molecular complexity index is 1210. The lowest BCUT2D eigenvalue weighted by Crippen LogP contribution is -2.20. The van der Waals surface area contributed by atoms with Gasteiger partial charge in [-0.15, -0.1) is 10.2 Å². The molecule has 0 aliphatic rings. The molecule has 0 atom stereocenters. The highest BCUT2D eigenvalue weighted by atomic mass is 16.5.